The lowest BCUT2D eigenvalue weighted by Crippen LogP contribution is -2.54. The molecule has 19 heavy (non-hydrogen) atoms. The molecule has 1 aromatic carbocycles. The van der Waals surface area contributed by atoms with Crippen LogP contribution in [-0.2, 0) is 9.59 Å². The van der Waals surface area contributed by atoms with Crippen molar-refractivity contribution >= 4 is 17.6 Å². The number of amides is 1. The second-order valence-electron chi connectivity index (χ2n) is 4.40. The predicted octanol–water partition coefficient (Wildman–Crippen LogP) is 0.338. The van der Waals surface area contributed by atoms with Crippen molar-refractivity contribution in [1.29, 1.82) is 5.26 Å². The molecule has 0 spiro atoms. The van der Waals surface area contributed by atoms with Gasteiger partial charge in [-0.2, -0.15) is 5.26 Å². The maximum atomic E-state index is 11.6. The topological polar surface area (TPSA) is 93.4 Å². The number of carbonyl (C=O) groups excluding carboxylic acids is 1. The molecule has 1 aliphatic rings. The van der Waals surface area contributed by atoms with E-state index in [-0.39, 0.29) is 18.9 Å². The first-order valence-corrected chi connectivity index (χ1v) is 5.85. The van der Waals surface area contributed by atoms with Crippen LogP contribution < -0.4 is 10.2 Å². The fraction of sp³-hybridized carbons (Fsp3) is 0.308. The third-order valence-electron chi connectivity index (χ3n) is 2.90. The molecule has 1 heterocycles. The van der Waals surface area contributed by atoms with E-state index in [2.05, 4.69) is 5.32 Å². The molecule has 1 amide bonds. The number of carbonyl (C=O) groups is 2. The molecule has 1 saturated heterocycles. The zero-order valence-electron chi connectivity index (χ0n) is 10.2. The second-order valence-corrected chi connectivity index (χ2v) is 4.40. The van der Waals surface area contributed by atoms with Gasteiger partial charge in [0.05, 0.1) is 30.6 Å². The van der Waals surface area contributed by atoms with Crippen LogP contribution in [0.3, 0.4) is 0 Å². The molecule has 1 fully saturated rings. The lowest BCUT2D eigenvalue weighted by molar-refractivity contribution is -0.137. The second kappa shape index (κ2) is 5.40. The molecule has 1 unspecified atom stereocenters. The fourth-order valence-electron chi connectivity index (χ4n) is 2.12. The van der Waals surface area contributed by atoms with Crippen molar-refractivity contribution in [3.63, 3.8) is 0 Å². The first kappa shape index (κ1) is 12.9. The summed E-state index contributed by atoms with van der Waals surface area (Å²) in [5, 5.41) is 20.3. The zero-order chi connectivity index (χ0) is 13.8. The van der Waals surface area contributed by atoms with Gasteiger partial charge in [0.1, 0.15) is 0 Å². The summed E-state index contributed by atoms with van der Waals surface area (Å²) in [6.45, 7) is 0.595. The van der Waals surface area contributed by atoms with Gasteiger partial charge in [-0.05, 0) is 18.2 Å². The summed E-state index contributed by atoms with van der Waals surface area (Å²) in [6.07, 6.45) is -0.111. The van der Waals surface area contributed by atoms with Crippen LogP contribution in [-0.4, -0.2) is 36.1 Å². The first-order chi connectivity index (χ1) is 9.08. The van der Waals surface area contributed by atoms with Crippen LogP contribution in [0.25, 0.3) is 0 Å². The van der Waals surface area contributed by atoms with Gasteiger partial charge in [0.15, 0.2) is 0 Å². The lowest BCUT2D eigenvalue weighted by atomic mass is 10.1. The van der Waals surface area contributed by atoms with E-state index in [1.165, 1.54) is 0 Å². The van der Waals surface area contributed by atoms with Gasteiger partial charge in [0, 0.05) is 12.2 Å². The molecule has 0 aromatic heterocycles. The van der Waals surface area contributed by atoms with Crippen molar-refractivity contribution in [2.45, 2.75) is 12.5 Å². The number of carboxylic acid groups (broad SMARTS) is 1. The Hall–Kier alpha value is -2.55. The van der Waals surface area contributed by atoms with Gasteiger partial charge in [0.25, 0.3) is 0 Å². The summed E-state index contributed by atoms with van der Waals surface area (Å²) in [6, 6.07) is 8.55. The highest BCUT2D eigenvalue weighted by atomic mass is 16.4. The Kier molecular flexibility index (Phi) is 3.66. The number of nitrogens with one attached hydrogen (secondary N) is 1. The van der Waals surface area contributed by atoms with Crippen molar-refractivity contribution in [1.82, 2.24) is 5.32 Å². The van der Waals surface area contributed by atoms with Crippen LogP contribution in [0.5, 0.6) is 0 Å². The molecular weight excluding hydrogens is 246 g/mol. The Morgan fingerprint density at radius 3 is 3.05 bits per heavy atom. The highest BCUT2D eigenvalue weighted by molar-refractivity contribution is 5.84. The van der Waals surface area contributed by atoms with Gasteiger partial charge < -0.3 is 15.3 Å². The van der Waals surface area contributed by atoms with Crippen molar-refractivity contribution in [3.05, 3.63) is 29.8 Å². The number of piperazine rings is 1. The summed E-state index contributed by atoms with van der Waals surface area (Å²) in [5.74, 6) is -1.15. The Morgan fingerprint density at radius 1 is 1.58 bits per heavy atom. The quantitative estimate of drug-likeness (QED) is 0.816. The minimum atomic E-state index is -0.946. The lowest BCUT2D eigenvalue weighted by Gasteiger charge is -2.34. The van der Waals surface area contributed by atoms with Crippen LogP contribution in [0.15, 0.2) is 24.3 Å². The predicted molar refractivity (Wildman–Crippen MR) is 67.6 cm³/mol. The van der Waals surface area contributed by atoms with Crippen LogP contribution in [0.2, 0.25) is 0 Å². The molecule has 2 N–H and O–H groups in total. The number of nitrogens with zero attached hydrogens (tertiary/aromatic N) is 2. The molecule has 0 saturated carbocycles. The number of benzene rings is 1. The Bertz CT molecular complexity index is 548. The van der Waals surface area contributed by atoms with Gasteiger partial charge >= 0.3 is 5.97 Å². The standard InChI is InChI=1S/C13H13N3O3/c14-6-9-2-1-3-11(4-9)16-7-10(5-13(18)19)15-12(17)8-16/h1-4,10H,5,7-8H2,(H,15,17)(H,18,19). The summed E-state index contributed by atoms with van der Waals surface area (Å²) in [7, 11) is 0. The maximum Gasteiger partial charge on any atom is 0.305 e. The molecule has 1 atom stereocenters. The van der Waals surface area contributed by atoms with Gasteiger partial charge in [-0.25, -0.2) is 0 Å². The molecule has 1 aromatic rings. The molecule has 0 radical (unpaired) electrons. The summed E-state index contributed by atoms with van der Waals surface area (Å²) in [5.41, 5.74) is 1.27. The average molecular weight is 259 g/mol. The van der Waals surface area contributed by atoms with Crippen LogP contribution in [0.1, 0.15) is 12.0 Å². The van der Waals surface area contributed by atoms with E-state index in [1.54, 1.807) is 29.2 Å². The maximum absolute atomic E-state index is 11.6. The third kappa shape index (κ3) is 3.22. The smallest absolute Gasteiger partial charge is 0.305 e. The third-order valence-corrected chi connectivity index (χ3v) is 2.90. The summed E-state index contributed by atoms with van der Waals surface area (Å²) < 4.78 is 0. The Morgan fingerprint density at radius 2 is 2.37 bits per heavy atom. The molecule has 6 heteroatoms. The minimum absolute atomic E-state index is 0.111. The number of hydrogen-bond donors (Lipinski definition) is 2. The van der Waals surface area contributed by atoms with Crippen molar-refractivity contribution in [2.75, 3.05) is 18.0 Å². The molecular formula is C13H13N3O3. The van der Waals surface area contributed by atoms with E-state index >= 15 is 0 Å². The minimum Gasteiger partial charge on any atom is -0.481 e. The average Bonchev–Trinajstić information content (AvgIpc) is 2.37. The summed E-state index contributed by atoms with van der Waals surface area (Å²) >= 11 is 0. The SMILES string of the molecule is N#Cc1cccc(N2CC(=O)NC(CC(=O)O)C2)c1. The summed E-state index contributed by atoms with van der Waals surface area (Å²) in [4.78, 5) is 24.1. The van der Waals surface area contributed by atoms with Gasteiger partial charge in [-0.1, -0.05) is 6.07 Å². The molecule has 98 valence electrons. The van der Waals surface area contributed by atoms with Crippen molar-refractivity contribution < 1.29 is 14.7 Å². The number of carboxylic acids is 1. The van der Waals surface area contributed by atoms with E-state index < -0.39 is 12.0 Å². The molecule has 0 aliphatic carbocycles. The van der Waals surface area contributed by atoms with Crippen molar-refractivity contribution in [2.24, 2.45) is 0 Å². The molecule has 6 nitrogen and oxygen atoms in total. The molecule has 2 rings (SSSR count). The number of nitriles is 1. The van der Waals surface area contributed by atoms with E-state index in [0.717, 1.165) is 5.69 Å². The Labute approximate surface area is 110 Å². The normalized spacial score (nSPS) is 18.6. The fourth-order valence-corrected chi connectivity index (χ4v) is 2.12. The monoisotopic (exact) mass is 259 g/mol. The number of rotatable bonds is 3. The van der Waals surface area contributed by atoms with E-state index in [4.69, 9.17) is 10.4 Å². The zero-order valence-corrected chi connectivity index (χ0v) is 10.2. The van der Waals surface area contributed by atoms with E-state index in [9.17, 15) is 9.59 Å². The van der Waals surface area contributed by atoms with Gasteiger partial charge in [0.2, 0.25) is 5.91 Å². The largest absolute Gasteiger partial charge is 0.481 e. The molecule has 1 aliphatic heterocycles. The highest BCUT2D eigenvalue weighted by Gasteiger charge is 2.26. The van der Waals surface area contributed by atoms with E-state index in [0.29, 0.717) is 12.1 Å². The van der Waals surface area contributed by atoms with Gasteiger partial charge in [-0.15, -0.1) is 0 Å². The van der Waals surface area contributed by atoms with Crippen LogP contribution in [0, 0.1) is 11.3 Å². The molecule has 0 bridgehead atoms. The number of aliphatic carboxylic acids is 1. The van der Waals surface area contributed by atoms with Crippen LogP contribution >= 0.6 is 0 Å². The number of hydrogen-bond acceptors (Lipinski definition) is 4. The first-order valence-electron chi connectivity index (χ1n) is 5.85. The van der Waals surface area contributed by atoms with Crippen LogP contribution in [0.4, 0.5) is 5.69 Å². The van der Waals surface area contributed by atoms with Crippen molar-refractivity contribution in [3.8, 4) is 6.07 Å². The van der Waals surface area contributed by atoms with Gasteiger partial charge in [-0.3, -0.25) is 9.59 Å². The highest BCUT2D eigenvalue weighted by Crippen LogP contribution is 2.18. The Balaban J connectivity index is 2.16. The number of anilines is 1. The van der Waals surface area contributed by atoms with E-state index in [1.807, 2.05) is 6.07 Å².